The van der Waals surface area contributed by atoms with E-state index in [1.807, 2.05) is 5.32 Å². The summed E-state index contributed by atoms with van der Waals surface area (Å²) in [6, 6.07) is -0.711. The lowest BCUT2D eigenvalue weighted by Crippen LogP contribution is -2.24. The molecule has 0 rings (SSSR count). The summed E-state index contributed by atoms with van der Waals surface area (Å²) < 4.78 is 0. The van der Waals surface area contributed by atoms with Crippen LogP contribution in [0, 0.1) is 0 Å². The zero-order chi connectivity index (χ0) is 6.57. The maximum absolute atomic E-state index is 10.1. The largest absolute Gasteiger partial charge is 0.346 e. The quantitative estimate of drug-likeness (QED) is 0.448. The lowest BCUT2D eigenvalue weighted by atomic mass is 10.7. The average molecular weight is 114 g/mol. The van der Waals surface area contributed by atoms with Crippen LogP contribution in [-0.4, -0.2) is 18.7 Å². The molecule has 0 aliphatic heterocycles. The number of hydrogen-bond acceptors (Lipinski definition) is 2. The third kappa shape index (κ3) is 3.02. The van der Waals surface area contributed by atoms with Crippen molar-refractivity contribution < 1.29 is 9.59 Å². The van der Waals surface area contributed by atoms with Gasteiger partial charge in [0.25, 0.3) is 0 Å². The van der Waals surface area contributed by atoms with Crippen molar-refractivity contribution in [2.75, 3.05) is 0 Å². The molecule has 0 aromatic carbocycles. The first-order valence-corrected chi connectivity index (χ1v) is 1.95. The van der Waals surface area contributed by atoms with Crippen LogP contribution >= 0.6 is 0 Å². The maximum atomic E-state index is 10.1. The number of rotatable bonds is 0. The Kier molecular flexibility index (Phi) is 2.47. The highest BCUT2D eigenvalue weighted by Crippen LogP contribution is 1.67. The van der Waals surface area contributed by atoms with Crippen molar-refractivity contribution in [3.8, 4) is 0 Å². The second-order valence-corrected chi connectivity index (χ2v) is 1.14. The SMILES string of the molecule is C=NC(=O)NC(C)=O. The Labute approximate surface area is 46.6 Å². The van der Waals surface area contributed by atoms with Crippen LogP contribution in [0.5, 0.6) is 0 Å². The molecule has 0 bridgehead atoms. The molecule has 0 fully saturated rings. The number of amides is 3. The summed E-state index contributed by atoms with van der Waals surface area (Å²) in [6.45, 7) is 4.12. The smallest absolute Gasteiger partial charge is 0.276 e. The number of carbonyl (C=O) groups excluding carboxylic acids is 2. The highest BCUT2D eigenvalue weighted by molar-refractivity contribution is 5.94. The first kappa shape index (κ1) is 6.81. The number of nitrogens with one attached hydrogen (secondary N) is 1. The molecular weight excluding hydrogens is 108 g/mol. The fraction of sp³-hybridized carbons (Fsp3) is 0.250. The molecule has 8 heavy (non-hydrogen) atoms. The number of nitrogens with zero attached hydrogens (tertiary/aromatic N) is 1. The Morgan fingerprint density at radius 3 is 2.25 bits per heavy atom. The molecule has 0 radical (unpaired) electrons. The third-order valence-corrected chi connectivity index (χ3v) is 0.427. The van der Waals surface area contributed by atoms with Crippen LogP contribution in [0.3, 0.4) is 0 Å². The zero-order valence-electron chi connectivity index (χ0n) is 4.47. The number of carbonyl (C=O) groups is 2. The molecule has 4 heteroatoms. The molecule has 44 valence electrons. The molecule has 0 saturated heterocycles. The van der Waals surface area contributed by atoms with Gasteiger partial charge in [0.15, 0.2) is 0 Å². The van der Waals surface area contributed by atoms with Crippen molar-refractivity contribution >= 4 is 18.7 Å². The highest BCUT2D eigenvalue weighted by atomic mass is 16.2. The summed E-state index contributed by atoms with van der Waals surface area (Å²) in [5.74, 6) is -0.428. The first-order chi connectivity index (χ1) is 3.66. The molecule has 0 heterocycles. The summed E-state index contributed by atoms with van der Waals surface area (Å²) >= 11 is 0. The van der Waals surface area contributed by atoms with E-state index in [2.05, 4.69) is 11.7 Å². The van der Waals surface area contributed by atoms with Crippen molar-refractivity contribution in [1.29, 1.82) is 0 Å². The molecule has 0 saturated carbocycles. The van der Waals surface area contributed by atoms with Crippen LogP contribution in [-0.2, 0) is 4.79 Å². The Balaban J connectivity index is 3.55. The van der Waals surface area contributed by atoms with Gasteiger partial charge in [0, 0.05) is 6.92 Å². The van der Waals surface area contributed by atoms with Gasteiger partial charge in [0.2, 0.25) is 5.91 Å². The fourth-order valence-corrected chi connectivity index (χ4v) is 0.190. The van der Waals surface area contributed by atoms with Gasteiger partial charge in [0.05, 0.1) is 0 Å². The molecule has 0 aromatic heterocycles. The van der Waals surface area contributed by atoms with Gasteiger partial charge in [0.1, 0.15) is 0 Å². The average Bonchev–Trinajstić information content (AvgIpc) is 1.65. The Morgan fingerprint density at radius 1 is 1.62 bits per heavy atom. The van der Waals surface area contributed by atoms with Crippen molar-refractivity contribution in [2.24, 2.45) is 4.99 Å². The van der Waals surface area contributed by atoms with Crippen LogP contribution < -0.4 is 5.32 Å². The topological polar surface area (TPSA) is 58.5 Å². The molecule has 0 atom stereocenters. The number of urea groups is 1. The number of imide groups is 1. The van der Waals surface area contributed by atoms with Gasteiger partial charge < -0.3 is 0 Å². The number of aliphatic imine (C=N–C) groups is 1. The van der Waals surface area contributed by atoms with Gasteiger partial charge in [-0.1, -0.05) is 0 Å². The van der Waals surface area contributed by atoms with Crippen molar-refractivity contribution in [3.05, 3.63) is 0 Å². The van der Waals surface area contributed by atoms with E-state index in [4.69, 9.17) is 0 Å². The molecule has 0 aromatic rings. The third-order valence-electron chi connectivity index (χ3n) is 0.427. The fourth-order valence-electron chi connectivity index (χ4n) is 0.190. The Hall–Kier alpha value is -1.19. The summed E-state index contributed by atoms with van der Waals surface area (Å²) in [5, 5.41) is 1.89. The predicted molar refractivity (Wildman–Crippen MR) is 28.8 cm³/mol. The van der Waals surface area contributed by atoms with Crippen LogP contribution in [0.15, 0.2) is 4.99 Å². The summed E-state index contributed by atoms with van der Waals surface area (Å²) in [7, 11) is 0. The Bertz CT molecular complexity index is 130. The zero-order valence-corrected chi connectivity index (χ0v) is 4.47. The molecule has 4 nitrogen and oxygen atoms in total. The van der Waals surface area contributed by atoms with Crippen LogP contribution in [0.25, 0.3) is 0 Å². The highest BCUT2D eigenvalue weighted by Gasteiger charge is 1.95. The van der Waals surface area contributed by atoms with E-state index in [0.717, 1.165) is 0 Å². The standard InChI is InChI=1S/C4H6N2O2/c1-3(7)6-4(8)5-2/h2H2,1H3,(H,6,7,8). The van der Waals surface area contributed by atoms with Gasteiger partial charge in [-0.15, -0.1) is 0 Å². The molecule has 0 spiro atoms. The van der Waals surface area contributed by atoms with Crippen molar-refractivity contribution in [2.45, 2.75) is 6.92 Å². The van der Waals surface area contributed by atoms with Gasteiger partial charge in [-0.25, -0.2) is 9.79 Å². The van der Waals surface area contributed by atoms with E-state index in [1.54, 1.807) is 0 Å². The van der Waals surface area contributed by atoms with Gasteiger partial charge in [-0.3, -0.25) is 10.1 Å². The molecule has 0 aliphatic carbocycles. The second kappa shape index (κ2) is 2.90. The second-order valence-electron chi connectivity index (χ2n) is 1.14. The van der Waals surface area contributed by atoms with Crippen molar-refractivity contribution in [1.82, 2.24) is 5.32 Å². The van der Waals surface area contributed by atoms with E-state index in [1.165, 1.54) is 6.92 Å². The van der Waals surface area contributed by atoms with E-state index >= 15 is 0 Å². The van der Waals surface area contributed by atoms with Gasteiger partial charge >= 0.3 is 6.03 Å². The summed E-state index contributed by atoms with van der Waals surface area (Å²) in [4.78, 5) is 23.0. The van der Waals surface area contributed by atoms with Crippen LogP contribution in [0.1, 0.15) is 6.92 Å². The van der Waals surface area contributed by atoms with Crippen LogP contribution in [0.2, 0.25) is 0 Å². The van der Waals surface area contributed by atoms with E-state index < -0.39 is 11.9 Å². The predicted octanol–water partition coefficient (Wildman–Crippen LogP) is -0.0569. The molecular formula is C4H6N2O2. The van der Waals surface area contributed by atoms with E-state index in [9.17, 15) is 9.59 Å². The monoisotopic (exact) mass is 114 g/mol. The summed E-state index contributed by atoms with van der Waals surface area (Å²) in [6.07, 6.45) is 0. The maximum Gasteiger partial charge on any atom is 0.346 e. The minimum atomic E-state index is -0.711. The van der Waals surface area contributed by atoms with Crippen molar-refractivity contribution in [3.63, 3.8) is 0 Å². The van der Waals surface area contributed by atoms with Gasteiger partial charge in [-0.2, -0.15) is 0 Å². The normalized spacial score (nSPS) is 7.62. The van der Waals surface area contributed by atoms with Crippen LogP contribution in [0.4, 0.5) is 4.79 Å². The first-order valence-electron chi connectivity index (χ1n) is 1.95. The van der Waals surface area contributed by atoms with E-state index in [0.29, 0.717) is 0 Å². The molecule has 0 aliphatic rings. The lowest BCUT2D eigenvalue weighted by Gasteiger charge is -1.88. The van der Waals surface area contributed by atoms with Gasteiger partial charge in [-0.05, 0) is 6.72 Å². The summed E-state index contributed by atoms with van der Waals surface area (Å²) in [5.41, 5.74) is 0. The number of hydrogen-bond donors (Lipinski definition) is 1. The lowest BCUT2D eigenvalue weighted by molar-refractivity contribution is -0.117. The Morgan fingerprint density at radius 2 is 2.12 bits per heavy atom. The van der Waals surface area contributed by atoms with E-state index in [-0.39, 0.29) is 0 Å². The minimum absolute atomic E-state index is 0.428. The molecule has 1 N–H and O–H groups in total. The minimum Gasteiger partial charge on any atom is -0.276 e. The molecule has 0 unspecified atom stereocenters. The molecule has 3 amide bonds.